The van der Waals surface area contributed by atoms with Gasteiger partial charge in [0.15, 0.2) is 0 Å². The van der Waals surface area contributed by atoms with Crippen LogP contribution in [0.15, 0.2) is 18.2 Å². The number of carbonyl (C=O) groups is 1. The van der Waals surface area contributed by atoms with E-state index < -0.39 is 5.97 Å². The van der Waals surface area contributed by atoms with E-state index in [9.17, 15) is 4.79 Å². The Kier molecular flexibility index (Phi) is 3.64. The molecule has 3 atom stereocenters. The fourth-order valence-electron chi connectivity index (χ4n) is 2.33. The summed E-state index contributed by atoms with van der Waals surface area (Å²) < 4.78 is 0. The van der Waals surface area contributed by atoms with Crippen LogP contribution in [0.5, 0.6) is 0 Å². The van der Waals surface area contributed by atoms with Gasteiger partial charge in [0.1, 0.15) is 0 Å². The Morgan fingerprint density at radius 1 is 1.47 bits per heavy atom. The van der Waals surface area contributed by atoms with E-state index in [0.29, 0.717) is 16.0 Å². The molecule has 1 saturated carbocycles. The molecule has 0 spiro atoms. The van der Waals surface area contributed by atoms with Crippen LogP contribution in [0.2, 0.25) is 10.0 Å². The summed E-state index contributed by atoms with van der Waals surface area (Å²) in [4.78, 5) is 10.8. The zero-order valence-corrected chi connectivity index (χ0v) is 11.0. The van der Waals surface area contributed by atoms with Gasteiger partial charge in [0.25, 0.3) is 0 Å². The highest BCUT2D eigenvalue weighted by Gasteiger charge is 2.46. The lowest BCUT2D eigenvalue weighted by Crippen LogP contribution is -2.08. The summed E-state index contributed by atoms with van der Waals surface area (Å²) in [6.45, 7) is 2.06. The molecule has 2 nitrogen and oxygen atoms in total. The van der Waals surface area contributed by atoms with Crippen LogP contribution in [-0.4, -0.2) is 11.1 Å². The highest BCUT2D eigenvalue weighted by molar-refractivity contribution is 6.35. The second-order valence-electron chi connectivity index (χ2n) is 4.73. The highest BCUT2D eigenvalue weighted by Crippen LogP contribution is 2.46. The van der Waals surface area contributed by atoms with Gasteiger partial charge in [-0.2, -0.15) is 0 Å². The highest BCUT2D eigenvalue weighted by atomic mass is 35.5. The maximum atomic E-state index is 10.8. The van der Waals surface area contributed by atoms with E-state index in [1.807, 2.05) is 18.2 Å². The molecule has 0 bridgehead atoms. The van der Waals surface area contributed by atoms with Crippen molar-refractivity contribution < 1.29 is 9.90 Å². The summed E-state index contributed by atoms with van der Waals surface area (Å²) in [5, 5.41) is 10.2. The van der Waals surface area contributed by atoms with E-state index in [0.717, 1.165) is 18.4 Å². The number of hydrogen-bond acceptors (Lipinski definition) is 1. The Bertz CT molecular complexity index is 425. The molecule has 1 fully saturated rings. The lowest BCUT2D eigenvalue weighted by atomic mass is 9.95. The lowest BCUT2D eigenvalue weighted by molar-refractivity contribution is -0.139. The standard InChI is InChI=1S/C13H14Cl2O2/c1-7(8-6-9(8)13(16)17)5-10-11(14)3-2-4-12(10)15/h2-4,7-9H,5-6H2,1H3,(H,16,17). The Labute approximate surface area is 111 Å². The minimum Gasteiger partial charge on any atom is -0.481 e. The third-order valence-electron chi connectivity index (χ3n) is 3.48. The molecule has 0 heterocycles. The summed E-state index contributed by atoms with van der Waals surface area (Å²) in [5.41, 5.74) is 0.930. The zero-order chi connectivity index (χ0) is 12.6. The third-order valence-corrected chi connectivity index (χ3v) is 4.18. The molecule has 3 unspecified atom stereocenters. The Morgan fingerprint density at radius 3 is 2.53 bits per heavy atom. The van der Waals surface area contributed by atoms with Crippen molar-refractivity contribution in [2.24, 2.45) is 17.8 Å². The quantitative estimate of drug-likeness (QED) is 0.903. The van der Waals surface area contributed by atoms with Gasteiger partial charge in [0.2, 0.25) is 0 Å². The van der Waals surface area contributed by atoms with Crippen molar-refractivity contribution in [1.29, 1.82) is 0 Å². The van der Waals surface area contributed by atoms with Gasteiger partial charge in [-0.15, -0.1) is 0 Å². The topological polar surface area (TPSA) is 37.3 Å². The molecule has 1 aromatic rings. The fraction of sp³-hybridized carbons (Fsp3) is 0.462. The first kappa shape index (κ1) is 12.7. The van der Waals surface area contributed by atoms with Crippen molar-refractivity contribution in [1.82, 2.24) is 0 Å². The fourth-order valence-corrected chi connectivity index (χ4v) is 2.88. The second-order valence-corrected chi connectivity index (χ2v) is 5.54. The molecule has 0 radical (unpaired) electrons. The van der Waals surface area contributed by atoms with E-state index in [1.165, 1.54) is 0 Å². The van der Waals surface area contributed by atoms with Gasteiger partial charge in [-0.25, -0.2) is 0 Å². The van der Waals surface area contributed by atoms with E-state index in [1.54, 1.807) is 0 Å². The normalized spacial score (nSPS) is 24.4. The van der Waals surface area contributed by atoms with Crippen molar-refractivity contribution in [3.8, 4) is 0 Å². The number of carboxylic acid groups (broad SMARTS) is 1. The minimum atomic E-state index is -0.688. The molecule has 17 heavy (non-hydrogen) atoms. The van der Waals surface area contributed by atoms with Crippen molar-refractivity contribution in [3.05, 3.63) is 33.8 Å². The molecule has 0 amide bonds. The first-order valence-corrected chi connectivity index (χ1v) is 6.42. The van der Waals surface area contributed by atoms with Gasteiger partial charge >= 0.3 is 5.97 Å². The average molecular weight is 273 g/mol. The number of carboxylic acids is 1. The smallest absolute Gasteiger partial charge is 0.306 e. The maximum Gasteiger partial charge on any atom is 0.306 e. The number of benzene rings is 1. The van der Waals surface area contributed by atoms with Crippen molar-refractivity contribution in [2.75, 3.05) is 0 Å². The van der Waals surface area contributed by atoms with Gasteiger partial charge in [0.05, 0.1) is 5.92 Å². The lowest BCUT2D eigenvalue weighted by Gasteiger charge is -2.13. The Hall–Kier alpha value is -0.730. The van der Waals surface area contributed by atoms with E-state index >= 15 is 0 Å². The van der Waals surface area contributed by atoms with Crippen LogP contribution in [0, 0.1) is 17.8 Å². The summed E-state index contributed by atoms with van der Waals surface area (Å²) in [7, 11) is 0. The summed E-state index contributed by atoms with van der Waals surface area (Å²) in [6.07, 6.45) is 1.52. The minimum absolute atomic E-state index is 0.175. The number of halogens is 2. The average Bonchev–Trinajstić information content (AvgIpc) is 3.03. The molecule has 1 N–H and O–H groups in total. The van der Waals surface area contributed by atoms with Crippen molar-refractivity contribution in [2.45, 2.75) is 19.8 Å². The number of rotatable bonds is 4. The summed E-state index contributed by atoms with van der Waals surface area (Å²) in [6, 6.07) is 5.45. The van der Waals surface area contributed by atoms with Crippen molar-refractivity contribution in [3.63, 3.8) is 0 Å². The molecule has 1 aliphatic rings. The summed E-state index contributed by atoms with van der Waals surface area (Å²) >= 11 is 12.2. The second kappa shape index (κ2) is 4.87. The first-order chi connectivity index (χ1) is 8.00. The molecule has 92 valence electrons. The van der Waals surface area contributed by atoms with Crippen LogP contribution in [0.1, 0.15) is 18.9 Å². The molecule has 2 rings (SSSR count). The Balaban J connectivity index is 2.04. The van der Waals surface area contributed by atoms with Gasteiger partial charge in [-0.05, 0) is 42.4 Å². The van der Waals surface area contributed by atoms with E-state index in [-0.39, 0.29) is 11.8 Å². The molecule has 1 aromatic carbocycles. The number of hydrogen-bond donors (Lipinski definition) is 1. The van der Waals surface area contributed by atoms with Crippen LogP contribution in [0.25, 0.3) is 0 Å². The molecule has 0 saturated heterocycles. The molecular formula is C13H14Cl2O2. The van der Waals surface area contributed by atoms with E-state index in [2.05, 4.69) is 6.92 Å². The molecule has 0 aliphatic heterocycles. The molecule has 0 aromatic heterocycles. The summed E-state index contributed by atoms with van der Waals surface area (Å²) in [5.74, 6) is -0.299. The largest absolute Gasteiger partial charge is 0.481 e. The predicted octanol–water partition coefficient (Wildman–Crippen LogP) is 3.89. The van der Waals surface area contributed by atoms with Gasteiger partial charge < -0.3 is 5.11 Å². The zero-order valence-electron chi connectivity index (χ0n) is 9.49. The third kappa shape index (κ3) is 2.75. The number of aliphatic carboxylic acids is 1. The van der Waals surface area contributed by atoms with Crippen LogP contribution in [-0.2, 0) is 11.2 Å². The monoisotopic (exact) mass is 272 g/mol. The van der Waals surface area contributed by atoms with Crippen LogP contribution < -0.4 is 0 Å². The first-order valence-electron chi connectivity index (χ1n) is 5.66. The predicted molar refractivity (Wildman–Crippen MR) is 68.6 cm³/mol. The SMILES string of the molecule is CC(Cc1c(Cl)cccc1Cl)C1CC1C(=O)O. The maximum absolute atomic E-state index is 10.8. The van der Waals surface area contributed by atoms with Crippen LogP contribution in [0.3, 0.4) is 0 Å². The van der Waals surface area contributed by atoms with Crippen molar-refractivity contribution >= 4 is 29.2 Å². The van der Waals surface area contributed by atoms with Crippen LogP contribution in [0.4, 0.5) is 0 Å². The van der Waals surface area contributed by atoms with Gasteiger partial charge in [-0.1, -0.05) is 36.2 Å². The molecule has 1 aliphatic carbocycles. The van der Waals surface area contributed by atoms with Crippen LogP contribution >= 0.6 is 23.2 Å². The molecule has 4 heteroatoms. The Morgan fingerprint density at radius 2 is 2.06 bits per heavy atom. The van der Waals surface area contributed by atoms with Gasteiger partial charge in [0, 0.05) is 10.0 Å². The molecular weight excluding hydrogens is 259 g/mol. The van der Waals surface area contributed by atoms with E-state index in [4.69, 9.17) is 28.3 Å². The van der Waals surface area contributed by atoms with Gasteiger partial charge in [-0.3, -0.25) is 4.79 Å².